The summed E-state index contributed by atoms with van der Waals surface area (Å²) in [6.45, 7) is 2.21. The van der Waals surface area contributed by atoms with Gasteiger partial charge in [0.25, 0.3) is 0 Å². The van der Waals surface area contributed by atoms with Gasteiger partial charge in [0, 0.05) is 51.0 Å². The average Bonchev–Trinajstić information content (AvgIpc) is 2.60. The van der Waals surface area contributed by atoms with Gasteiger partial charge in [0.2, 0.25) is 0 Å². The van der Waals surface area contributed by atoms with Crippen LogP contribution in [0, 0.1) is 5.92 Å². The third kappa shape index (κ3) is 7.66. The van der Waals surface area contributed by atoms with Crippen molar-refractivity contribution in [3.05, 3.63) is 11.8 Å². The second-order valence-electron chi connectivity index (χ2n) is 4.95. The first-order chi connectivity index (χ1) is 11.7. The molecule has 24 heavy (non-hydrogen) atoms. The van der Waals surface area contributed by atoms with Gasteiger partial charge in [0.1, 0.15) is 5.92 Å². The van der Waals surface area contributed by atoms with E-state index in [9.17, 15) is 9.59 Å². The van der Waals surface area contributed by atoms with Crippen LogP contribution in [0.15, 0.2) is 26.8 Å². The zero-order valence-corrected chi connectivity index (χ0v) is 14.1. The molecule has 1 aliphatic heterocycles. The van der Waals surface area contributed by atoms with Gasteiger partial charge < -0.3 is 14.8 Å². The summed E-state index contributed by atoms with van der Waals surface area (Å²) in [6, 6.07) is 0. The summed E-state index contributed by atoms with van der Waals surface area (Å²) in [6.07, 6.45) is 7.60. The first-order valence-electron chi connectivity index (χ1n) is 7.78. The lowest BCUT2D eigenvalue weighted by Gasteiger charge is -2.05. The van der Waals surface area contributed by atoms with Crippen LogP contribution in [0.5, 0.6) is 0 Å². The van der Waals surface area contributed by atoms with Gasteiger partial charge in [-0.1, -0.05) is 0 Å². The second-order valence-corrected chi connectivity index (χ2v) is 4.95. The average molecular weight is 336 g/mol. The Labute approximate surface area is 141 Å². The molecular weight excluding hydrogens is 312 g/mol. The minimum atomic E-state index is -0.565. The minimum Gasteiger partial charge on any atom is -0.468 e. The topological polar surface area (TPSA) is 102 Å². The van der Waals surface area contributed by atoms with Gasteiger partial charge >= 0.3 is 11.9 Å². The molecule has 1 aliphatic rings. The van der Waals surface area contributed by atoms with Crippen molar-refractivity contribution < 1.29 is 19.1 Å². The fourth-order valence-corrected chi connectivity index (χ4v) is 1.81. The van der Waals surface area contributed by atoms with Crippen LogP contribution in [0.3, 0.4) is 0 Å². The van der Waals surface area contributed by atoms with Crippen LogP contribution in [0.25, 0.3) is 0 Å². The van der Waals surface area contributed by atoms with E-state index >= 15 is 0 Å². The van der Waals surface area contributed by atoms with Crippen molar-refractivity contribution >= 4 is 30.6 Å². The van der Waals surface area contributed by atoms with E-state index in [0.29, 0.717) is 38.2 Å². The third-order valence-electron chi connectivity index (χ3n) is 3.10. The number of esters is 2. The number of rotatable bonds is 2. The molecule has 0 saturated carbocycles. The summed E-state index contributed by atoms with van der Waals surface area (Å²) in [5.41, 5.74) is 0.363. The molecule has 8 heteroatoms. The highest BCUT2D eigenvalue weighted by molar-refractivity contribution is 6.09. The quantitative estimate of drug-likeness (QED) is 0.737. The summed E-state index contributed by atoms with van der Waals surface area (Å²) in [7, 11) is 2.67. The Balaban J connectivity index is 2.72. The lowest BCUT2D eigenvalue weighted by atomic mass is 10.2. The number of hydrogen-bond donors (Lipinski definition) is 1. The van der Waals surface area contributed by atoms with Gasteiger partial charge in [-0.2, -0.15) is 0 Å². The molecular formula is C16H24N4O4. The monoisotopic (exact) mass is 336 g/mol. The lowest BCUT2D eigenvalue weighted by Crippen LogP contribution is -2.20. The standard InChI is InChI=1S/C16H24N4O4/c1-23-15(21)13-9-17-5-3-7-19-11-14(16(22)24-2)12-20-8-4-6-18-10-13/h9-13,19H,3-8H2,1-2H3/b14-11+,17-9?,18-10?,20-12?. The van der Waals surface area contributed by atoms with Crippen LogP contribution in [-0.4, -0.2) is 71.0 Å². The molecule has 0 radical (unpaired) electrons. The summed E-state index contributed by atoms with van der Waals surface area (Å²) in [5, 5.41) is 3.03. The summed E-state index contributed by atoms with van der Waals surface area (Å²) < 4.78 is 9.44. The molecule has 0 aromatic rings. The predicted molar refractivity (Wildman–Crippen MR) is 92.9 cm³/mol. The molecule has 0 aromatic carbocycles. The van der Waals surface area contributed by atoms with Gasteiger partial charge in [-0.25, -0.2) is 4.79 Å². The van der Waals surface area contributed by atoms with Gasteiger partial charge in [0.05, 0.1) is 19.8 Å². The SMILES string of the molecule is COC(=O)/C1=C/NCCCN=CC(C(=O)OC)C=NCCCN=C1. The van der Waals surface area contributed by atoms with E-state index < -0.39 is 11.9 Å². The molecule has 1 atom stereocenters. The Morgan fingerprint density at radius 2 is 1.71 bits per heavy atom. The van der Waals surface area contributed by atoms with Gasteiger partial charge in [-0.05, 0) is 12.8 Å². The van der Waals surface area contributed by atoms with E-state index in [-0.39, 0.29) is 5.97 Å². The van der Waals surface area contributed by atoms with E-state index in [4.69, 9.17) is 9.47 Å². The number of nitrogens with zero attached hydrogens (tertiary/aromatic N) is 3. The van der Waals surface area contributed by atoms with Crippen LogP contribution in [-0.2, 0) is 19.1 Å². The summed E-state index contributed by atoms with van der Waals surface area (Å²) >= 11 is 0. The molecule has 0 aliphatic carbocycles. The molecule has 1 rings (SSSR count). The fourth-order valence-electron chi connectivity index (χ4n) is 1.81. The van der Waals surface area contributed by atoms with E-state index in [1.807, 2.05) is 0 Å². The Bertz CT molecular complexity index is 526. The van der Waals surface area contributed by atoms with Crippen molar-refractivity contribution in [1.82, 2.24) is 5.32 Å². The van der Waals surface area contributed by atoms with Crippen molar-refractivity contribution in [2.24, 2.45) is 20.9 Å². The highest BCUT2D eigenvalue weighted by atomic mass is 16.5. The molecule has 0 saturated heterocycles. The van der Waals surface area contributed by atoms with Gasteiger partial charge in [-0.3, -0.25) is 19.8 Å². The molecule has 1 N–H and O–H groups in total. The zero-order valence-electron chi connectivity index (χ0n) is 14.1. The fraction of sp³-hybridized carbons (Fsp3) is 0.562. The van der Waals surface area contributed by atoms with E-state index in [1.165, 1.54) is 20.4 Å². The summed E-state index contributed by atoms with van der Waals surface area (Å²) in [4.78, 5) is 35.9. The molecule has 0 aromatic heterocycles. The molecule has 0 amide bonds. The van der Waals surface area contributed by atoms with E-state index in [2.05, 4.69) is 20.3 Å². The van der Waals surface area contributed by atoms with Crippen LogP contribution < -0.4 is 5.32 Å². The highest BCUT2D eigenvalue weighted by Gasteiger charge is 2.13. The molecule has 1 unspecified atom stereocenters. The van der Waals surface area contributed by atoms with Crippen molar-refractivity contribution in [2.45, 2.75) is 12.8 Å². The van der Waals surface area contributed by atoms with Gasteiger partial charge in [-0.15, -0.1) is 0 Å². The Hall–Kier alpha value is -2.51. The molecule has 0 spiro atoms. The number of carbonyl (C=O) groups is 2. The molecule has 1 heterocycles. The summed E-state index contributed by atoms with van der Waals surface area (Å²) in [5.74, 6) is -1.39. The second kappa shape index (κ2) is 12.0. The third-order valence-corrected chi connectivity index (χ3v) is 3.10. The Morgan fingerprint density at radius 3 is 2.38 bits per heavy atom. The number of methoxy groups -OCH3 is 2. The van der Waals surface area contributed by atoms with Gasteiger partial charge in [0.15, 0.2) is 0 Å². The number of ether oxygens (including phenoxy) is 2. The molecule has 0 bridgehead atoms. The molecule has 132 valence electrons. The van der Waals surface area contributed by atoms with Crippen molar-refractivity contribution in [3.63, 3.8) is 0 Å². The number of hydrogen-bond acceptors (Lipinski definition) is 8. The Morgan fingerprint density at radius 1 is 1.04 bits per heavy atom. The molecule has 8 nitrogen and oxygen atoms in total. The van der Waals surface area contributed by atoms with Crippen LogP contribution in [0.1, 0.15) is 12.8 Å². The van der Waals surface area contributed by atoms with Crippen LogP contribution >= 0.6 is 0 Å². The Kier molecular flexibility index (Phi) is 9.75. The maximum atomic E-state index is 11.6. The zero-order chi connectivity index (χ0) is 17.6. The molecule has 0 fully saturated rings. The minimum absolute atomic E-state index is 0.363. The predicted octanol–water partition coefficient (Wildman–Crippen LogP) is 0.428. The van der Waals surface area contributed by atoms with E-state index in [0.717, 1.165) is 6.42 Å². The largest absolute Gasteiger partial charge is 0.468 e. The lowest BCUT2D eigenvalue weighted by molar-refractivity contribution is -0.141. The smallest absolute Gasteiger partial charge is 0.340 e. The van der Waals surface area contributed by atoms with Crippen LogP contribution in [0.4, 0.5) is 0 Å². The first kappa shape index (κ1) is 19.5. The van der Waals surface area contributed by atoms with Crippen LogP contribution in [0.2, 0.25) is 0 Å². The normalized spacial score (nSPS) is 22.1. The van der Waals surface area contributed by atoms with Crippen molar-refractivity contribution in [2.75, 3.05) is 40.4 Å². The first-order valence-corrected chi connectivity index (χ1v) is 7.78. The van der Waals surface area contributed by atoms with E-state index in [1.54, 1.807) is 18.6 Å². The van der Waals surface area contributed by atoms with Crippen molar-refractivity contribution in [1.29, 1.82) is 0 Å². The number of aliphatic imine (C=N–C) groups is 3. The maximum absolute atomic E-state index is 11.6. The van der Waals surface area contributed by atoms with Crippen molar-refractivity contribution in [3.8, 4) is 0 Å². The number of carbonyl (C=O) groups excluding carboxylic acids is 2. The highest BCUT2D eigenvalue weighted by Crippen LogP contribution is 1.97. The number of nitrogens with one attached hydrogen (secondary N) is 1. The maximum Gasteiger partial charge on any atom is 0.340 e.